The van der Waals surface area contributed by atoms with Gasteiger partial charge in [0.1, 0.15) is 0 Å². The van der Waals surface area contributed by atoms with Gasteiger partial charge in [-0.25, -0.2) is 0 Å². The molecule has 18 heavy (non-hydrogen) atoms. The quantitative estimate of drug-likeness (QED) is 0.780. The van der Waals surface area contributed by atoms with Crippen LogP contribution in [0, 0.1) is 0 Å². The lowest BCUT2D eigenvalue weighted by atomic mass is 10.2. The molecule has 0 bridgehead atoms. The summed E-state index contributed by atoms with van der Waals surface area (Å²) in [5, 5.41) is 5.29. The van der Waals surface area contributed by atoms with Crippen molar-refractivity contribution >= 4 is 22.5 Å². The summed E-state index contributed by atoms with van der Waals surface area (Å²) < 4.78 is 7.46. The molecule has 0 fully saturated rings. The van der Waals surface area contributed by atoms with Gasteiger partial charge in [-0.05, 0) is 13.0 Å². The van der Waals surface area contributed by atoms with Gasteiger partial charge in [0.25, 0.3) is 0 Å². The molecule has 2 aromatic rings. The first-order valence-corrected chi connectivity index (χ1v) is 6.72. The van der Waals surface area contributed by atoms with E-state index in [0.717, 1.165) is 43.3 Å². The van der Waals surface area contributed by atoms with Crippen LogP contribution in [0.25, 0.3) is 10.9 Å². The Morgan fingerprint density at radius 2 is 2.11 bits per heavy atom. The van der Waals surface area contributed by atoms with Gasteiger partial charge in [-0.2, -0.15) is 0 Å². The second-order valence-corrected chi connectivity index (χ2v) is 4.54. The van der Waals surface area contributed by atoms with Crippen molar-refractivity contribution in [3.05, 3.63) is 35.5 Å². The summed E-state index contributed by atoms with van der Waals surface area (Å²) in [5.41, 5.74) is 1.19. The molecule has 0 saturated heterocycles. The summed E-state index contributed by atoms with van der Waals surface area (Å²) in [6, 6.07) is 8.20. The number of para-hydroxylation sites is 1. The predicted molar refractivity (Wildman–Crippen MR) is 76.3 cm³/mol. The number of rotatable bonds is 7. The van der Waals surface area contributed by atoms with Crippen LogP contribution in [0.5, 0.6) is 0 Å². The van der Waals surface area contributed by atoms with Crippen LogP contribution in [0.1, 0.15) is 6.92 Å². The molecule has 98 valence electrons. The number of nitrogens with zero attached hydrogens (tertiary/aromatic N) is 1. The molecule has 0 spiro atoms. The summed E-state index contributed by atoms with van der Waals surface area (Å²) in [7, 11) is 0. The largest absolute Gasteiger partial charge is 0.380 e. The van der Waals surface area contributed by atoms with Gasteiger partial charge < -0.3 is 14.6 Å². The Hall–Kier alpha value is -1.03. The fraction of sp³-hybridized carbons (Fsp3) is 0.429. The highest BCUT2D eigenvalue weighted by molar-refractivity contribution is 6.35. The average molecular weight is 267 g/mol. The molecule has 1 aromatic carbocycles. The fourth-order valence-electron chi connectivity index (χ4n) is 2.00. The van der Waals surface area contributed by atoms with Gasteiger partial charge in [0.05, 0.1) is 11.6 Å². The Morgan fingerprint density at radius 3 is 2.94 bits per heavy atom. The second-order valence-electron chi connectivity index (χ2n) is 4.13. The van der Waals surface area contributed by atoms with E-state index < -0.39 is 0 Å². The number of aromatic nitrogens is 1. The number of nitrogens with one attached hydrogen (secondary N) is 1. The minimum atomic E-state index is 0.768. The van der Waals surface area contributed by atoms with Crippen LogP contribution in [0.2, 0.25) is 5.02 Å². The molecule has 1 heterocycles. The van der Waals surface area contributed by atoms with Gasteiger partial charge in [0.15, 0.2) is 0 Å². The van der Waals surface area contributed by atoms with Crippen molar-refractivity contribution in [2.24, 2.45) is 0 Å². The molecule has 0 aliphatic carbocycles. The third-order valence-electron chi connectivity index (χ3n) is 2.90. The Morgan fingerprint density at radius 1 is 1.28 bits per heavy atom. The Balaban J connectivity index is 1.88. The van der Waals surface area contributed by atoms with Crippen LogP contribution in [0.4, 0.5) is 0 Å². The first kappa shape index (κ1) is 13.4. The highest BCUT2D eigenvalue weighted by Crippen LogP contribution is 2.24. The van der Waals surface area contributed by atoms with Crippen LogP contribution in [-0.2, 0) is 11.3 Å². The lowest BCUT2D eigenvalue weighted by Gasteiger charge is -2.07. The fourth-order valence-corrected chi connectivity index (χ4v) is 2.28. The first-order chi connectivity index (χ1) is 8.83. The van der Waals surface area contributed by atoms with Crippen LogP contribution >= 0.6 is 11.6 Å². The van der Waals surface area contributed by atoms with Gasteiger partial charge in [-0.3, -0.25) is 0 Å². The smallest absolute Gasteiger partial charge is 0.0661 e. The van der Waals surface area contributed by atoms with E-state index in [1.807, 2.05) is 25.3 Å². The van der Waals surface area contributed by atoms with Crippen molar-refractivity contribution in [2.45, 2.75) is 13.5 Å². The summed E-state index contributed by atoms with van der Waals surface area (Å²) in [4.78, 5) is 0. The van der Waals surface area contributed by atoms with Gasteiger partial charge in [-0.1, -0.05) is 29.8 Å². The zero-order valence-corrected chi connectivity index (χ0v) is 11.4. The molecule has 4 heteroatoms. The van der Waals surface area contributed by atoms with E-state index >= 15 is 0 Å². The zero-order chi connectivity index (χ0) is 12.8. The van der Waals surface area contributed by atoms with Gasteiger partial charge in [0.2, 0.25) is 0 Å². The van der Waals surface area contributed by atoms with Crippen molar-refractivity contribution in [3.63, 3.8) is 0 Å². The molecule has 2 rings (SSSR count). The van der Waals surface area contributed by atoms with Crippen LogP contribution in [-0.4, -0.2) is 30.9 Å². The standard InChI is InChI=1S/C14H19ClN2O/c1-2-18-10-8-16-7-9-17-11-13(15)12-5-3-4-6-14(12)17/h3-6,11,16H,2,7-10H2,1H3. The summed E-state index contributed by atoms with van der Waals surface area (Å²) in [5.74, 6) is 0. The number of hydrogen-bond donors (Lipinski definition) is 1. The highest BCUT2D eigenvalue weighted by atomic mass is 35.5. The third kappa shape index (κ3) is 3.25. The molecule has 0 atom stereocenters. The lowest BCUT2D eigenvalue weighted by Crippen LogP contribution is -2.23. The van der Waals surface area contributed by atoms with E-state index in [-0.39, 0.29) is 0 Å². The van der Waals surface area contributed by atoms with E-state index in [9.17, 15) is 0 Å². The zero-order valence-electron chi connectivity index (χ0n) is 10.7. The molecule has 0 amide bonds. The number of halogens is 1. The molecular weight excluding hydrogens is 248 g/mol. The summed E-state index contributed by atoms with van der Waals surface area (Å²) in [6.07, 6.45) is 2.00. The first-order valence-electron chi connectivity index (χ1n) is 6.34. The summed E-state index contributed by atoms with van der Waals surface area (Å²) in [6.45, 7) is 6.28. The van der Waals surface area contributed by atoms with Gasteiger partial charge in [0, 0.05) is 43.3 Å². The minimum absolute atomic E-state index is 0.768. The molecule has 0 aliphatic heterocycles. The molecule has 0 saturated carbocycles. The second kappa shape index (κ2) is 6.78. The van der Waals surface area contributed by atoms with Crippen molar-refractivity contribution in [1.82, 2.24) is 9.88 Å². The van der Waals surface area contributed by atoms with E-state index in [4.69, 9.17) is 16.3 Å². The Bertz CT molecular complexity index is 495. The lowest BCUT2D eigenvalue weighted by molar-refractivity contribution is 0.149. The number of hydrogen-bond acceptors (Lipinski definition) is 2. The molecule has 0 aliphatic rings. The number of ether oxygens (including phenoxy) is 1. The van der Waals surface area contributed by atoms with E-state index in [2.05, 4.69) is 22.0 Å². The van der Waals surface area contributed by atoms with E-state index in [1.54, 1.807) is 0 Å². The maximum absolute atomic E-state index is 6.20. The van der Waals surface area contributed by atoms with E-state index in [1.165, 1.54) is 5.52 Å². The Labute approximate surface area is 113 Å². The normalized spacial score (nSPS) is 11.2. The number of fused-ring (bicyclic) bond motifs is 1. The van der Waals surface area contributed by atoms with E-state index in [0.29, 0.717) is 0 Å². The Kier molecular flexibility index (Phi) is 5.05. The SMILES string of the molecule is CCOCCNCCn1cc(Cl)c2ccccc21. The molecule has 0 radical (unpaired) electrons. The van der Waals surface area contributed by atoms with Crippen molar-refractivity contribution in [1.29, 1.82) is 0 Å². The van der Waals surface area contributed by atoms with Gasteiger partial charge in [-0.15, -0.1) is 0 Å². The minimum Gasteiger partial charge on any atom is -0.380 e. The predicted octanol–water partition coefficient (Wildman–Crippen LogP) is 2.92. The molecular formula is C14H19ClN2O. The van der Waals surface area contributed by atoms with Crippen molar-refractivity contribution in [2.75, 3.05) is 26.3 Å². The topological polar surface area (TPSA) is 26.2 Å². The maximum atomic E-state index is 6.20. The van der Waals surface area contributed by atoms with Crippen molar-refractivity contribution < 1.29 is 4.74 Å². The van der Waals surface area contributed by atoms with Crippen LogP contribution in [0.3, 0.4) is 0 Å². The van der Waals surface area contributed by atoms with Gasteiger partial charge >= 0.3 is 0 Å². The molecule has 0 unspecified atom stereocenters. The monoisotopic (exact) mass is 266 g/mol. The average Bonchev–Trinajstić information content (AvgIpc) is 2.71. The number of benzene rings is 1. The van der Waals surface area contributed by atoms with Crippen LogP contribution in [0.15, 0.2) is 30.5 Å². The summed E-state index contributed by atoms with van der Waals surface area (Å²) >= 11 is 6.20. The molecule has 3 nitrogen and oxygen atoms in total. The van der Waals surface area contributed by atoms with Crippen LogP contribution < -0.4 is 5.32 Å². The maximum Gasteiger partial charge on any atom is 0.0661 e. The third-order valence-corrected chi connectivity index (χ3v) is 3.20. The molecule has 1 N–H and O–H groups in total. The molecule has 1 aromatic heterocycles. The highest BCUT2D eigenvalue weighted by Gasteiger charge is 2.04. The van der Waals surface area contributed by atoms with Crippen molar-refractivity contribution in [3.8, 4) is 0 Å².